The van der Waals surface area contributed by atoms with Crippen molar-refractivity contribution in [2.75, 3.05) is 18.0 Å². The van der Waals surface area contributed by atoms with E-state index in [0.29, 0.717) is 10.9 Å². The normalized spacial score (nSPS) is 15.5. The standard InChI is InChI=1S/C20H19ClN2O/c21-16-7-10-19-18(14-16)22-20(24-19)11-6-15-4-8-17(9-5-15)23-12-2-1-3-13-23/h4-11,14H,1-3,12-13H2/b11-6+. The van der Waals surface area contributed by atoms with Gasteiger partial charge in [-0.2, -0.15) is 0 Å². The zero-order chi connectivity index (χ0) is 16.4. The van der Waals surface area contributed by atoms with Crippen LogP contribution in [0.25, 0.3) is 23.3 Å². The van der Waals surface area contributed by atoms with Crippen molar-refractivity contribution in [2.45, 2.75) is 19.3 Å². The van der Waals surface area contributed by atoms with Crippen LogP contribution < -0.4 is 4.90 Å². The number of anilines is 1. The van der Waals surface area contributed by atoms with Crippen molar-refractivity contribution in [3.05, 3.63) is 58.9 Å². The molecule has 1 fully saturated rings. The molecule has 0 spiro atoms. The lowest BCUT2D eigenvalue weighted by Gasteiger charge is -2.28. The molecule has 1 aliphatic heterocycles. The van der Waals surface area contributed by atoms with Gasteiger partial charge in [0.25, 0.3) is 0 Å². The van der Waals surface area contributed by atoms with E-state index in [0.717, 1.165) is 16.7 Å². The van der Waals surface area contributed by atoms with E-state index in [-0.39, 0.29) is 0 Å². The van der Waals surface area contributed by atoms with Crippen LogP contribution in [0, 0.1) is 0 Å². The van der Waals surface area contributed by atoms with Gasteiger partial charge in [-0.15, -0.1) is 0 Å². The highest BCUT2D eigenvalue weighted by molar-refractivity contribution is 6.31. The van der Waals surface area contributed by atoms with E-state index in [9.17, 15) is 0 Å². The third-order valence-corrected chi connectivity index (χ3v) is 4.63. The molecule has 0 bridgehead atoms. The van der Waals surface area contributed by atoms with Crippen LogP contribution in [-0.4, -0.2) is 18.1 Å². The molecule has 0 saturated carbocycles. The van der Waals surface area contributed by atoms with Gasteiger partial charge in [-0.25, -0.2) is 4.98 Å². The van der Waals surface area contributed by atoms with Crippen molar-refractivity contribution in [1.82, 2.24) is 4.98 Å². The number of halogens is 1. The highest BCUT2D eigenvalue weighted by Crippen LogP contribution is 2.23. The fourth-order valence-electron chi connectivity index (χ4n) is 3.11. The van der Waals surface area contributed by atoms with Crippen LogP contribution in [-0.2, 0) is 0 Å². The minimum atomic E-state index is 0.590. The molecule has 3 nitrogen and oxygen atoms in total. The van der Waals surface area contributed by atoms with E-state index < -0.39 is 0 Å². The van der Waals surface area contributed by atoms with Gasteiger partial charge in [-0.3, -0.25) is 0 Å². The molecule has 122 valence electrons. The summed E-state index contributed by atoms with van der Waals surface area (Å²) in [5.74, 6) is 0.590. The summed E-state index contributed by atoms with van der Waals surface area (Å²) in [6, 6.07) is 14.1. The highest BCUT2D eigenvalue weighted by atomic mass is 35.5. The Morgan fingerprint density at radius 2 is 1.75 bits per heavy atom. The number of nitrogens with zero attached hydrogens (tertiary/aromatic N) is 2. The van der Waals surface area contributed by atoms with E-state index in [4.69, 9.17) is 16.0 Å². The van der Waals surface area contributed by atoms with Gasteiger partial charge in [0.05, 0.1) is 0 Å². The Hall–Kier alpha value is -2.26. The van der Waals surface area contributed by atoms with Crippen LogP contribution >= 0.6 is 11.6 Å². The van der Waals surface area contributed by atoms with E-state index in [1.807, 2.05) is 30.4 Å². The summed E-state index contributed by atoms with van der Waals surface area (Å²) >= 11 is 5.98. The fraction of sp³-hybridized carbons (Fsp3) is 0.250. The van der Waals surface area contributed by atoms with Crippen molar-refractivity contribution in [3.8, 4) is 0 Å². The Morgan fingerprint density at radius 3 is 2.54 bits per heavy atom. The van der Waals surface area contributed by atoms with Gasteiger partial charge in [-0.05, 0) is 61.2 Å². The largest absolute Gasteiger partial charge is 0.437 e. The third kappa shape index (κ3) is 3.31. The maximum atomic E-state index is 5.98. The van der Waals surface area contributed by atoms with Crippen LogP contribution in [0.1, 0.15) is 30.7 Å². The Labute approximate surface area is 146 Å². The predicted octanol–water partition coefficient (Wildman–Crippen LogP) is 5.64. The molecule has 24 heavy (non-hydrogen) atoms. The molecule has 0 radical (unpaired) electrons. The molecule has 1 aliphatic rings. The second-order valence-electron chi connectivity index (χ2n) is 6.14. The second kappa shape index (κ2) is 6.70. The third-order valence-electron chi connectivity index (χ3n) is 4.40. The minimum absolute atomic E-state index is 0.590. The van der Waals surface area contributed by atoms with E-state index >= 15 is 0 Å². The molecule has 0 aliphatic carbocycles. The molecule has 3 aromatic rings. The monoisotopic (exact) mass is 338 g/mol. The maximum Gasteiger partial charge on any atom is 0.220 e. The topological polar surface area (TPSA) is 29.3 Å². The minimum Gasteiger partial charge on any atom is -0.437 e. The number of fused-ring (bicyclic) bond motifs is 1. The van der Waals surface area contributed by atoms with Gasteiger partial charge in [0.1, 0.15) is 5.52 Å². The first-order valence-corrected chi connectivity index (χ1v) is 8.75. The SMILES string of the molecule is Clc1ccc2oc(/C=C/c3ccc(N4CCCCC4)cc3)nc2c1. The second-order valence-corrected chi connectivity index (χ2v) is 6.57. The van der Waals surface area contributed by atoms with E-state index in [1.165, 1.54) is 38.0 Å². The van der Waals surface area contributed by atoms with E-state index in [2.05, 4.69) is 34.1 Å². The molecule has 4 heteroatoms. The van der Waals surface area contributed by atoms with Gasteiger partial charge in [0.2, 0.25) is 5.89 Å². The zero-order valence-corrected chi connectivity index (χ0v) is 14.2. The quantitative estimate of drug-likeness (QED) is 0.618. The van der Waals surface area contributed by atoms with Crippen LogP contribution in [0.2, 0.25) is 5.02 Å². The Balaban J connectivity index is 1.50. The van der Waals surface area contributed by atoms with Gasteiger partial charge in [-0.1, -0.05) is 23.7 Å². The first kappa shape index (κ1) is 15.3. The summed E-state index contributed by atoms with van der Waals surface area (Å²) < 4.78 is 5.70. The molecule has 0 amide bonds. The molecular weight excluding hydrogens is 320 g/mol. The van der Waals surface area contributed by atoms with Crippen LogP contribution in [0.15, 0.2) is 46.9 Å². The fourth-order valence-corrected chi connectivity index (χ4v) is 3.27. The average Bonchev–Trinajstić information content (AvgIpc) is 3.03. The molecule has 4 rings (SSSR count). The van der Waals surface area contributed by atoms with Crippen molar-refractivity contribution in [3.63, 3.8) is 0 Å². The summed E-state index contributed by atoms with van der Waals surface area (Å²) in [4.78, 5) is 6.89. The summed E-state index contributed by atoms with van der Waals surface area (Å²) in [6.45, 7) is 2.33. The molecule has 1 saturated heterocycles. The van der Waals surface area contributed by atoms with Gasteiger partial charge >= 0.3 is 0 Å². The number of rotatable bonds is 3. The van der Waals surface area contributed by atoms with Crippen molar-refractivity contribution >= 4 is 40.5 Å². The number of aromatic nitrogens is 1. The molecule has 0 atom stereocenters. The lowest BCUT2D eigenvalue weighted by Crippen LogP contribution is -2.29. The van der Waals surface area contributed by atoms with Gasteiger partial charge < -0.3 is 9.32 Å². The number of hydrogen-bond acceptors (Lipinski definition) is 3. The lowest BCUT2D eigenvalue weighted by molar-refractivity contribution is 0.578. The zero-order valence-electron chi connectivity index (χ0n) is 13.4. The summed E-state index contributed by atoms with van der Waals surface area (Å²) in [5, 5.41) is 0.666. The van der Waals surface area contributed by atoms with Crippen LogP contribution in [0.5, 0.6) is 0 Å². The first-order valence-electron chi connectivity index (χ1n) is 8.37. The molecule has 2 aromatic carbocycles. The molecule has 0 N–H and O–H groups in total. The smallest absolute Gasteiger partial charge is 0.220 e. The number of oxazole rings is 1. The summed E-state index contributed by atoms with van der Waals surface area (Å²) in [5.41, 5.74) is 3.97. The van der Waals surface area contributed by atoms with Crippen molar-refractivity contribution in [1.29, 1.82) is 0 Å². The van der Waals surface area contributed by atoms with Gasteiger partial charge in [0, 0.05) is 29.9 Å². The highest BCUT2D eigenvalue weighted by Gasteiger charge is 2.10. The Kier molecular flexibility index (Phi) is 4.26. The Morgan fingerprint density at radius 1 is 0.958 bits per heavy atom. The Bertz CT molecular complexity index is 861. The molecular formula is C20H19ClN2O. The van der Waals surface area contributed by atoms with Crippen LogP contribution in [0.3, 0.4) is 0 Å². The molecule has 1 aromatic heterocycles. The maximum absolute atomic E-state index is 5.98. The molecule has 0 unspecified atom stereocenters. The van der Waals surface area contributed by atoms with Gasteiger partial charge in [0.15, 0.2) is 5.58 Å². The summed E-state index contributed by atoms with van der Waals surface area (Å²) in [7, 11) is 0. The first-order chi connectivity index (χ1) is 11.8. The predicted molar refractivity (Wildman–Crippen MR) is 100 cm³/mol. The summed E-state index contributed by atoms with van der Waals surface area (Å²) in [6.07, 6.45) is 7.86. The van der Waals surface area contributed by atoms with E-state index in [1.54, 1.807) is 0 Å². The average molecular weight is 339 g/mol. The van der Waals surface area contributed by atoms with Crippen molar-refractivity contribution in [2.24, 2.45) is 0 Å². The van der Waals surface area contributed by atoms with Crippen molar-refractivity contribution < 1.29 is 4.42 Å². The molecule has 2 heterocycles. The number of piperidine rings is 1. The number of benzene rings is 2. The van der Waals surface area contributed by atoms with Crippen LogP contribution in [0.4, 0.5) is 5.69 Å². The lowest BCUT2D eigenvalue weighted by atomic mass is 10.1. The number of hydrogen-bond donors (Lipinski definition) is 0.